The summed E-state index contributed by atoms with van der Waals surface area (Å²) in [6.45, 7) is 3.16. The third-order valence-corrected chi connectivity index (χ3v) is 4.92. The molecule has 3 rings (SSSR count). The molecule has 11 heteroatoms. The van der Waals surface area contributed by atoms with Gasteiger partial charge < -0.3 is 20.5 Å². The first-order valence-corrected chi connectivity index (χ1v) is 10.2. The quantitative estimate of drug-likeness (QED) is 0.205. The molecule has 0 saturated heterocycles. The van der Waals surface area contributed by atoms with Crippen molar-refractivity contribution in [1.29, 1.82) is 0 Å². The maximum atomic E-state index is 12.9. The van der Waals surface area contributed by atoms with Gasteiger partial charge in [0, 0.05) is 5.69 Å². The molecule has 0 fully saturated rings. The van der Waals surface area contributed by atoms with E-state index in [1.165, 1.54) is 30.3 Å². The molecule has 0 spiro atoms. The summed E-state index contributed by atoms with van der Waals surface area (Å²) in [4.78, 5) is 53.1. The first-order valence-electron chi connectivity index (χ1n) is 10.2. The molecule has 0 aromatic heterocycles. The fraction of sp³-hybridized carbons (Fsp3) is 0.217. The number of hydrogen-bond donors (Lipinski definition) is 4. The number of carbonyl (C=O) groups is 3. The van der Waals surface area contributed by atoms with Gasteiger partial charge in [0.15, 0.2) is 0 Å². The van der Waals surface area contributed by atoms with Crippen LogP contribution in [0.5, 0.6) is 0 Å². The number of aliphatic imine (C=N–C) groups is 1. The Morgan fingerprint density at radius 3 is 2.50 bits per heavy atom. The number of benzene rings is 2. The summed E-state index contributed by atoms with van der Waals surface area (Å²) in [5.41, 5.74) is -2.44. The Bertz CT molecular complexity index is 1190. The fourth-order valence-electron chi connectivity index (χ4n) is 3.47. The molecule has 34 heavy (non-hydrogen) atoms. The molecule has 1 aliphatic heterocycles. The van der Waals surface area contributed by atoms with Gasteiger partial charge in [0.25, 0.3) is 5.91 Å². The zero-order valence-corrected chi connectivity index (χ0v) is 18.4. The van der Waals surface area contributed by atoms with E-state index in [1.54, 1.807) is 44.1 Å². The predicted octanol–water partition coefficient (Wildman–Crippen LogP) is 1.50. The minimum Gasteiger partial charge on any atom is -0.479 e. The Labute approximate surface area is 194 Å². The van der Waals surface area contributed by atoms with E-state index >= 15 is 0 Å². The lowest BCUT2D eigenvalue weighted by molar-refractivity contribution is -0.147. The summed E-state index contributed by atoms with van der Waals surface area (Å²) in [7, 11) is 0. The number of carboxylic acids is 1. The van der Waals surface area contributed by atoms with E-state index < -0.39 is 29.3 Å². The molecule has 2 aromatic rings. The fourth-order valence-corrected chi connectivity index (χ4v) is 3.47. The van der Waals surface area contributed by atoms with Crippen LogP contribution in [-0.2, 0) is 24.7 Å². The first-order chi connectivity index (χ1) is 16.2. The summed E-state index contributed by atoms with van der Waals surface area (Å²) < 4.78 is 5.14. The van der Waals surface area contributed by atoms with E-state index in [9.17, 15) is 24.3 Å². The summed E-state index contributed by atoms with van der Waals surface area (Å²) >= 11 is 0. The molecule has 5 N–H and O–H groups in total. The third kappa shape index (κ3) is 4.65. The smallest absolute Gasteiger partial charge is 0.426 e. The maximum Gasteiger partial charge on any atom is 0.426 e. The Hall–Kier alpha value is -4.47. The second kappa shape index (κ2) is 9.99. The lowest BCUT2D eigenvalue weighted by Crippen LogP contribution is -2.59. The van der Waals surface area contributed by atoms with Crippen LogP contribution in [0.15, 0.2) is 59.6 Å². The van der Waals surface area contributed by atoms with E-state index in [1.807, 2.05) is 0 Å². The lowest BCUT2D eigenvalue weighted by Gasteiger charge is -2.38. The van der Waals surface area contributed by atoms with Crippen molar-refractivity contribution in [2.24, 2.45) is 10.8 Å². The minimum absolute atomic E-state index is 0.0186. The van der Waals surface area contributed by atoms with Crippen molar-refractivity contribution in [3.63, 3.8) is 0 Å². The van der Waals surface area contributed by atoms with Crippen LogP contribution in [0, 0.1) is 0 Å². The number of nitrogens with zero attached hydrogens (tertiary/aromatic N) is 2. The molecule has 11 nitrogen and oxygen atoms in total. The van der Waals surface area contributed by atoms with Crippen molar-refractivity contribution in [3.8, 4) is 0 Å². The van der Waals surface area contributed by atoms with Crippen molar-refractivity contribution in [2.45, 2.75) is 25.5 Å². The highest BCUT2D eigenvalue weighted by Crippen LogP contribution is 2.40. The highest BCUT2D eigenvalue weighted by molar-refractivity contribution is 6.09. The number of rotatable bonds is 7. The number of amides is 2. The molecule has 1 aliphatic rings. The number of carboxylic acid groups (broad SMARTS) is 1. The molecule has 0 saturated carbocycles. The molecule has 2 aromatic carbocycles. The van der Waals surface area contributed by atoms with Crippen molar-refractivity contribution < 1.29 is 29.0 Å². The van der Waals surface area contributed by atoms with Gasteiger partial charge in [0.05, 0.1) is 18.2 Å². The Kier molecular flexibility index (Phi) is 7.10. The van der Waals surface area contributed by atoms with Crippen molar-refractivity contribution in [3.05, 3.63) is 65.7 Å². The molecule has 1 heterocycles. The Morgan fingerprint density at radius 2 is 1.94 bits per heavy atom. The number of carbonyl (C=O) groups excluding carboxylic acids is 3. The molecule has 1 atom stereocenters. The van der Waals surface area contributed by atoms with Crippen LogP contribution in [0.2, 0.25) is 0 Å². The van der Waals surface area contributed by atoms with E-state index in [0.29, 0.717) is 10.7 Å². The molecule has 0 radical (unpaired) electrons. The van der Waals surface area contributed by atoms with Crippen LogP contribution < -0.4 is 16.5 Å². The number of guanidine groups is 1. The normalized spacial score (nSPS) is 14.4. The summed E-state index contributed by atoms with van der Waals surface area (Å²) in [6.07, 6.45) is -1.77. The molecule has 176 valence electrons. The Morgan fingerprint density at radius 1 is 1.24 bits per heavy atom. The monoisotopic (exact) mass is 465 g/mol. The van der Waals surface area contributed by atoms with Crippen molar-refractivity contribution >= 4 is 41.1 Å². The SMILES string of the molecule is CC(C)OC(=O)N(N)[C@](C(=O)O)(C(=C=O)c1ccccc1)c1cccc(NC2=NC(=O)CN2)c1. The van der Waals surface area contributed by atoms with Crippen LogP contribution in [0.3, 0.4) is 0 Å². The number of hydrogen-bond acceptors (Lipinski definition) is 8. The van der Waals surface area contributed by atoms with Gasteiger partial charge in [-0.3, -0.25) is 4.79 Å². The molecule has 2 amide bonds. The van der Waals surface area contributed by atoms with Gasteiger partial charge in [-0.25, -0.2) is 25.2 Å². The van der Waals surface area contributed by atoms with Gasteiger partial charge in [-0.15, -0.1) is 0 Å². The largest absolute Gasteiger partial charge is 0.479 e. The second-order valence-electron chi connectivity index (χ2n) is 7.57. The van der Waals surface area contributed by atoms with E-state index in [2.05, 4.69) is 15.6 Å². The molecule has 0 bridgehead atoms. The molecule has 0 aliphatic carbocycles. The maximum absolute atomic E-state index is 12.9. The molecular weight excluding hydrogens is 442 g/mol. The number of nitrogens with two attached hydrogens (primary N) is 1. The summed E-state index contributed by atoms with van der Waals surface area (Å²) in [6, 6.07) is 13.8. The number of aliphatic carboxylic acids is 1. The number of nitrogens with one attached hydrogen (secondary N) is 2. The van der Waals surface area contributed by atoms with Gasteiger partial charge in [-0.05, 0) is 37.1 Å². The summed E-state index contributed by atoms with van der Waals surface area (Å²) in [5, 5.41) is 16.5. The van der Waals surface area contributed by atoms with Crippen LogP contribution in [-0.4, -0.2) is 52.6 Å². The second-order valence-corrected chi connectivity index (χ2v) is 7.57. The average molecular weight is 465 g/mol. The first kappa shape index (κ1) is 24.2. The van der Waals surface area contributed by atoms with Gasteiger partial charge >= 0.3 is 12.1 Å². The lowest BCUT2D eigenvalue weighted by atomic mass is 9.79. The van der Waals surface area contributed by atoms with Crippen LogP contribution in [0.25, 0.3) is 5.57 Å². The molecular formula is C23H23N5O6. The molecule has 0 unspecified atom stereocenters. The Balaban J connectivity index is 2.22. The zero-order valence-electron chi connectivity index (χ0n) is 18.4. The van der Waals surface area contributed by atoms with Gasteiger partial charge in [0.1, 0.15) is 5.94 Å². The van der Waals surface area contributed by atoms with Gasteiger partial charge in [-0.2, -0.15) is 4.99 Å². The number of hydrazine groups is 1. The average Bonchev–Trinajstić information content (AvgIpc) is 3.21. The topological polar surface area (TPSA) is 163 Å². The third-order valence-electron chi connectivity index (χ3n) is 4.92. The van der Waals surface area contributed by atoms with Gasteiger partial charge in [0.2, 0.25) is 11.5 Å². The van der Waals surface area contributed by atoms with E-state index in [4.69, 9.17) is 10.6 Å². The zero-order chi connectivity index (χ0) is 24.9. The predicted molar refractivity (Wildman–Crippen MR) is 123 cm³/mol. The van der Waals surface area contributed by atoms with Crippen LogP contribution in [0.4, 0.5) is 10.5 Å². The minimum atomic E-state index is -2.51. The summed E-state index contributed by atoms with van der Waals surface area (Å²) in [5.74, 6) is 5.96. The highest BCUT2D eigenvalue weighted by atomic mass is 16.6. The number of anilines is 1. The van der Waals surface area contributed by atoms with Crippen LogP contribution >= 0.6 is 0 Å². The highest BCUT2D eigenvalue weighted by Gasteiger charge is 2.53. The van der Waals surface area contributed by atoms with Gasteiger partial charge in [-0.1, -0.05) is 42.5 Å². The number of ether oxygens (including phenoxy) is 1. The van der Waals surface area contributed by atoms with Crippen LogP contribution in [0.1, 0.15) is 25.0 Å². The standard InChI is InChI=1S/C23H23N5O6/c1-14(2)34-22(33)28(24)23(20(31)32,18(13-29)15-7-4-3-5-8-15)16-9-6-10-17(11-16)26-21-25-12-19(30)27-21/h3-11,14H,12,24H2,1-2H3,(H,31,32)(H2,25,26,27,30)/t23-/m0/s1. The van der Waals surface area contributed by atoms with Crippen molar-refractivity contribution in [2.75, 3.05) is 11.9 Å². The van der Waals surface area contributed by atoms with E-state index in [0.717, 1.165) is 0 Å². The van der Waals surface area contributed by atoms with Crippen molar-refractivity contribution in [1.82, 2.24) is 10.3 Å². The van der Waals surface area contributed by atoms with E-state index in [-0.39, 0.29) is 29.5 Å².